The summed E-state index contributed by atoms with van der Waals surface area (Å²) >= 11 is 0. The monoisotopic (exact) mass is 385 g/mol. The van der Waals surface area contributed by atoms with E-state index >= 15 is 0 Å². The third kappa shape index (κ3) is 4.86. The van der Waals surface area contributed by atoms with Crippen LogP contribution in [0.2, 0.25) is 0 Å². The van der Waals surface area contributed by atoms with Crippen molar-refractivity contribution in [1.29, 1.82) is 0 Å². The number of halogens is 1. The van der Waals surface area contributed by atoms with Crippen molar-refractivity contribution in [3.05, 3.63) is 59.4 Å². The highest BCUT2D eigenvalue weighted by molar-refractivity contribution is 5.95. The van der Waals surface area contributed by atoms with Gasteiger partial charge in [0.25, 0.3) is 5.91 Å². The number of hydrogen-bond acceptors (Lipinski definition) is 4. The largest absolute Gasteiger partial charge is 0.496 e. The van der Waals surface area contributed by atoms with E-state index in [1.807, 2.05) is 17.9 Å². The molecule has 3 rings (SSSR count). The Labute approximate surface area is 163 Å². The van der Waals surface area contributed by atoms with Crippen LogP contribution in [0.4, 0.5) is 10.1 Å². The highest BCUT2D eigenvalue weighted by atomic mass is 19.1. The second-order valence-electron chi connectivity index (χ2n) is 6.81. The van der Waals surface area contributed by atoms with Gasteiger partial charge in [0.05, 0.1) is 13.7 Å². The fourth-order valence-corrected chi connectivity index (χ4v) is 3.21. The van der Waals surface area contributed by atoms with Crippen molar-refractivity contribution in [1.82, 2.24) is 9.80 Å². The van der Waals surface area contributed by atoms with E-state index in [1.54, 1.807) is 36.3 Å². The van der Waals surface area contributed by atoms with Gasteiger partial charge in [-0.2, -0.15) is 0 Å². The number of nitrogens with zero attached hydrogens (tertiary/aromatic N) is 2. The lowest BCUT2D eigenvalue weighted by Crippen LogP contribution is -2.50. The van der Waals surface area contributed by atoms with Gasteiger partial charge in [-0.25, -0.2) is 4.39 Å². The van der Waals surface area contributed by atoms with Crippen molar-refractivity contribution in [3.8, 4) is 5.75 Å². The molecule has 7 heteroatoms. The topological polar surface area (TPSA) is 61.9 Å². The SMILES string of the molecule is COc1cc(C(=O)N2CCN(CC(=O)Nc3cccc(F)c3)CC2)ccc1C. The standard InChI is InChI=1S/C21H24FN3O3/c1-15-6-7-16(12-19(15)28-2)21(27)25-10-8-24(9-11-25)14-20(26)23-18-5-3-4-17(22)13-18/h3-7,12-13H,8-11,14H2,1-2H3,(H,23,26). The van der Waals surface area contributed by atoms with Gasteiger partial charge in [0, 0.05) is 37.4 Å². The highest BCUT2D eigenvalue weighted by Crippen LogP contribution is 2.20. The summed E-state index contributed by atoms with van der Waals surface area (Å²) in [5.41, 5.74) is 2.01. The molecule has 1 heterocycles. The van der Waals surface area contributed by atoms with Crippen LogP contribution in [-0.4, -0.2) is 61.4 Å². The third-order valence-electron chi connectivity index (χ3n) is 4.79. The van der Waals surface area contributed by atoms with Gasteiger partial charge in [0.15, 0.2) is 0 Å². The molecule has 1 fully saturated rings. The Balaban J connectivity index is 1.51. The van der Waals surface area contributed by atoms with Crippen molar-refractivity contribution in [2.75, 3.05) is 45.2 Å². The number of amides is 2. The predicted molar refractivity (Wildman–Crippen MR) is 105 cm³/mol. The zero-order valence-corrected chi connectivity index (χ0v) is 16.1. The number of carbonyl (C=O) groups is 2. The molecule has 0 bridgehead atoms. The Hall–Kier alpha value is -2.93. The van der Waals surface area contributed by atoms with E-state index in [-0.39, 0.29) is 18.4 Å². The van der Waals surface area contributed by atoms with Gasteiger partial charge in [-0.05, 0) is 42.8 Å². The van der Waals surface area contributed by atoms with Crippen LogP contribution in [0.25, 0.3) is 0 Å². The van der Waals surface area contributed by atoms with Crippen LogP contribution in [0.15, 0.2) is 42.5 Å². The minimum absolute atomic E-state index is 0.0397. The Morgan fingerprint density at radius 3 is 2.54 bits per heavy atom. The van der Waals surface area contributed by atoms with Crippen LogP contribution in [0.5, 0.6) is 5.75 Å². The molecule has 1 N–H and O–H groups in total. The Morgan fingerprint density at radius 2 is 1.86 bits per heavy atom. The molecular formula is C21H24FN3O3. The maximum Gasteiger partial charge on any atom is 0.254 e. The molecule has 0 atom stereocenters. The molecule has 1 aliphatic heterocycles. The molecule has 6 nitrogen and oxygen atoms in total. The van der Waals surface area contributed by atoms with Gasteiger partial charge >= 0.3 is 0 Å². The van der Waals surface area contributed by atoms with Crippen molar-refractivity contribution in [2.45, 2.75) is 6.92 Å². The van der Waals surface area contributed by atoms with Gasteiger partial charge < -0.3 is 15.0 Å². The second-order valence-corrected chi connectivity index (χ2v) is 6.81. The van der Waals surface area contributed by atoms with Crippen LogP contribution in [0.3, 0.4) is 0 Å². The molecule has 2 amide bonds. The van der Waals surface area contributed by atoms with E-state index in [0.717, 1.165) is 5.56 Å². The number of carbonyl (C=O) groups excluding carboxylic acids is 2. The molecule has 1 saturated heterocycles. The summed E-state index contributed by atoms with van der Waals surface area (Å²) in [5, 5.41) is 2.69. The molecule has 0 radical (unpaired) electrons. The van der Waals surface area contributed by atoms with Crippen LogP contribution in [0, 0.1) is 12.7 Å². The van der Waals surface area contributed by atoms with Gasteiger partial charge in [0.2, 0.25) is 5.91 Å². The summed E-state index contributed by atoms with van der Waals surface area (Å²) in [6, 6.07) is 11.2. The number of rotatable bonds is 5. The molecular weight excluding hydrogens is 361 g/mol. The summed E-state index contributed by atoms with van der Waals surface area (Å²) < 4.78 is 18.5. The number of hydrogen-bond donors (Lipinski definition) is 1. The van der Waals surface area contributed by atoms with E-state index in [1.165, 1.54) is 12.1 Å². The lowest BCUT2D eigenvalue weighted by atomic mass is 10.1. The maximum absolute atomic E-state index is 13.2. The van der Waals surface area contributed by atoms with E-state index in [0.29, 0.717) is 43.2 Å². The zero-order chi connectivity index (χ0) is 20.1. The molecule has 28 heavy (non-hydrogen) atoms. The van der Waals surface area contributed by atoms with Gasteiger partial charge in [-0.3, -0.25) is 14.5 Å². The van der Waals surface area contributed by atoms with Crippen molar-refractivity contribution in [3.63, 3.8) is 0 Å². The Kier molecular flexibility index (Phi) is 6.26. The summed E-state index contributed by atoms with van der Waals surface area (Å²) in [6.45, 7) is 4.43. The first-order valence-electron chi connectivity index (χ1n) is 9.18. The number of aryl methyl sites for hydroxylation is 1. The fourth-order valence-electron chi connectivity index (χ4n) is 3.21. The molecule has 0 saturated carbocycles. The number of piperazine rings is 1. The van der Waals surface area contributed by atoms with Gasteiger partial charge in [0.1, 0.15) is 11.6 Å². The summed E-state index contributed by atoms with van der Waals surface area (Å²) in [4.78, 5) is 28.6. The normalized spacial score (nSPS) is 14.6. The van der Waals surface area contributed by atoms with E-state index < -0.39 is 5.82 Å². The molecule has 0 aromatic heterocycles. The second kappa shape index (κ2) is 8.84. The molecule has 0 unspecified atom stereocenters. The molecule has 148 valence electrons. The average Bonchev–Trinajstić information content (AvgIpc) is 2.68. The fraction of sp³-hybridized carbons (Fsp3) is 0.333. The predicted octanol–water partition coefficient (Wildman–Crippen LogP) is 2.54. The lowest BCUT2D eigenvalue weighted by molar-refractivity contribution is -0.117. The smallest absolute Gasteiger partial charge is 0.254 e. The van der Waals surface area contributed by atoms with Crippen LogP contribution in [0.1, 0.15) is 15.9 Å². The minimum atomic E-state index is -0.391. The summed E-state index contributed by atoms with van der Waals surface area (Å²) in [7, 11) is 1.59. The third-order valence-corrected chi connectivity index (χ3v) is 4.79. The molecule has 0 spiro atoms. The summed E-state index contributed by atoms with van der Waals surface area (Å²) in [5.74, 6) is 0.0620. The summed E-state index contributed by atoms with van der Waals surface area (Å²) in [6.07, 6.45) is 0. The lowest BCUT2D eigenvalue weighted by Gasteiger charge is -2.34. The molecule has 2 aromatic rings. The van der Waals surface area contributed by atoms with Crippen LogP contribution >= 0.6 is 0 Å². The molecule has 2 aromatic carbocycles. The van der Waals surface area contributed by atoms with E-state index in [2.05, 4.69) is 5.32 Å². The van der Waals surface area contributed by atoms with Crippen LogP contribution in [-0.2, 0) is 4.79 Å². The van der Waals surface area contributed by atoms with Crippen molar-refractivity contribution >= 4 is 17.5 Å². The number of anilines is 1. The number of methoxy groups -OCH3 is 1. The zero-order valence-electron chi connectivity index (χ0n) is 16.1. The van der Waals surface area contributed by atoms with Gasteiger partial charge in [-0.15, -0.1) is 0 Å². The maximum atomic E-state index is 13.2. The first kappa shape index (κ1) is 19.8. The Morgan fingerprint density at radius 1 is 1.11 bits per heavy atom. The minimum Gasteiger partial charge on any atom is -0.496 e. The highest BCUT2D eigenvalue weighted by Gasteiger charge is 2.23. The quantitative estimate of drug-likeness (QED) is 0.859. The van der Waals surface area contributed by atoms with Crippen molar-refractivity contribution < 1.29 is 18.7 Å². The number of benzene rings is 2. The van der Waals surface area contributed by atoms with Crippen LogP contribution < -0.4 is 10.1 Å². The van der Waals surface area contributed by atoms with Gasteiger partial charge in [-0.1, -0.05) is 12.1 Å². The van der Waals surface area contributed by atoms with E-state index in [9.17, 15) is 14.0 Å². The first-order chi connectivity index (χ1) is 13.5. The Bertz CT molecular complexity index is 864. The van der Waals surface area contributed by atoms with Crippen molar-refractivity contribution in [2.24, 2.45) is 0 Å². The number of ether oxygens (including phenoxy) is 1. The first-order valence-corrected chi connectivity index (χ1v) is 9.18. The van der Waals surface area contributed by atoms with E-state index in [4.69, 9.17) is 4.74 Å². The average molecular weight is 385 g/mol. The number of nitrogens with one attached hydrogen (secondary N) is 1. The molecule has 1 aliphatic rings. The molecule has 0 aliphatic carbocycles.